The molecule has 3 rings (SSSR count). The van der Waals surface area contributed by atoms with Crippen LogP contribution in [0.25, 0.3) is 10.9 Å². The van der Waals surface area contributed by atoms with Gasteiger partial charge in [-0.3, -0.25) is 9.78 Å². The predicted octanol–water partition coefficient (Wildman–Crippen LogP) is 5.54. The molecule has 0 bridgehead atoms. The van der Waals surface area contributed by atoms with Crippen molar-refractivity contribution in [2.24, 2.45) is 0 Å². The largest absolute Gasteiger partial charge is 0.321 e. The number of rotatable bonds is 3. The normalized spacial score (nSPS) is 11.1. The lowest BCUT2D eigenvalue weighted by Gasteiger charge is -2.17. The Hall–Kier alpha value is -2.68. The summed E-state index contributed by atoms with van der Waals surface area (Å²) in [5.74, 6) is 0.255. The Balaban J connectivity index is 2.09. The summed E-state index contributed by atoms with van der Waals surface area (Å²) in [7, 11) is 0. The summed E-state index contributed by atoms with van der Waals surface area (Å²) in [5.41, 5.74) is 6.62. The average Bonchev–Trinajstić information content (AvgIpc) is 2.56. The molecular weight excluding hydrogens is 308 g/mol. The maximum atomic E-state index is 13.1. The third kappa shape index (κ3) is 3.41. The first-order chi connectivity index (χ1) is 11.9. The summed E-state index contributed by atoms with van der Waals surface area (Å²) in [6.07, 6.45) is 0. The van der Waals surface area contributed by atoms with Crippen LogP contribution in [0.2, 0.25) is 0 Å². The lowest BCUT2D eigenvalue weighted by atomic mass is 9.97. The van der Waals surface area contributed by atoms with Crippen molar-refractivity contribution in [1.82, 2.24) is 4.98 Å². The molecule has 0 spiro atoms. The van der Waals surface area contributed by atoms with Crippen molar-refractivity contribution in [3.05, 3.63) is 70.4 Å². The fourth-order valence-corrected chi connectivity index (χ4v) is 3.18. The number of nitrogens with one attached hydrogen (secondary N) is 1. The summed E-state index contributed by atoms with van der Waals surface area (Å²) in [6.45, 7) is 10.3. The zero-order chi connectivity index (χ0) is 18.1. The number of aromatic nitrogens is 1. The second-order valence-electron chi connectivity index (χ2n) is 6.98. The van der Waals surface area contributed by atoms with Gasteiger partial charge in [-0.15, -0.1) is 0 Å². The second kappa shape index (κ2) is 6.67. The van der Waals surface area contributed by atoms with Gasteiger partial charge < -0.3 is 5.32 Å². The topological polar surface area (TPSA) is 42.0 Å². The van der Waals surface area contributed by atoms with E-state index in [4.69, 9.17) is 0 Å². The minimum atomic E-state index is -0.0858. The highest BCUT2D eigenvalue weighted by Crippen LogP contribution is 2.29. The molecule has 0 saturated heterocycles. The van der Waals surface area contributed by atoms with Crippen LogP contribution in [-0.2, 0) is 0 Å². The number of aryl methyl sites for hydroxylation is 3. The van der Waals surface area contributed by atoms with E-state index in [2.05, 4.69) is 30.2 Å². The number of carbonyl (C=O) groups excluding carboxylic acids is 1. The van der Waals surface area contributed by atoms with Crippen molar-refractivity contribution in [1.29, 1.82) is 0 Å². The molecule has 3 nitrogen and oxygen atoms in total. The summed E-state index contributed by atoms with van der Waals surface area (Å²) in [4.78, 5) is 17.6. The highest BCUT2D eigenvalue weighted by atomic mass is 16.1. The Morgan fingerprint density at radius 2 is 1.80 bits per heavy atom. The second-order valence-corrected chi connectivity index (χ2v) is 6.98. The van der Waals surface area contributed by atoms with E-state index in [1.807, 2.05) is 57.2 Å². The number of anilines is 1. The maximum absolute atomic E-state index is 13.1. The molecule has 0 saturated carbocycles. The summed E-state index contributed by atoms with van der Waals surface area (Å²) < 4.78 is 0. The van der Waals surface area contributed by atoms with E-state index in [1.165, 1.54) is 0 Å². The van der Waals surface area contributed by atoms with Crippen LogP contribution in [-0.4, -0.2) is 10.9 Å². The van der Waals surface area contributed by atoms with E-state index in [-0.39, 0.29) is 5.91 Å². The van der Waals surface area contributed by atoms with Crippen molar-refractivity contribution >= 4 is 22.5 Å². The molecule has 0 unspecified atom stereocenters. The van der Waals surface area contributed by atoms with Crippen LogP contribution in [0.1, 0.15) is 52.5 Å². The van der Waals surface area contributed by atoms with Crippen molar-refractivity contribution in [2.75, 3.05) is 5.32 Å². The third-order valence-electron chi connectivity index (χ3n) is 4.50. The van der Waals surface area contributed by atoms with Gasteiger partial charge in [-0.1, -0.05) is 43.7 Å². The van der Waals surface area contributed by atoms with Crippen molar-refractivity contribution < 1.29 is 4.79 Å². The fraction of sp³-hybridized carbons (Fsp3) is 0.273. The highest BCUT2D eigenvalue weighted by molar-refractivity contribution is 6.13. The summed E-state index contributed by atoms with van der Waals surface area (Å²) in [6, 6.07) is 14.0. The van der Waals surface area contributed by atoms with E-state index in [1.54, 1.807) is 0 Å². The van der Waals surface area contributed by atoms with E-state index in [9.17, 15) is 4.79 Å². The maximum Gasteiger partial charge on any atom is 0.256 e. The molecule has 3 heteroatoms. The van der Waals surface area contributed by atoms with Gasteiger partial charge in [0.05, 0.1) is 11.1 Å². The molecule has 1 aromatic heterocycles. The number of carbonyl (C=O) groups is 1. The molecule has 0 aliphatic rings. The molecule has 2 aromatic carbocycles. The SMILES string of the molecule is Cc1ccc2nc(C)cc(C(=O)Nc3c(C)cccc3C(C)C)c2c1. The van der Waals surface area contributed by atoms with Gasteiger partial charge in [0.25, 0.3) is 5.91 Å². The van der Waals surface area contributed by atoms with Gasteiger partial charge in [-0.2, -0.15) is 0 Å². The minimum Gasteiger partial charge on any atom is -0.321 e. The van der Waals surface area contributed by atoms with Gasteiger partial charge in [0.2, 0.25) is 0 Å². The first kappa shape index (κ1) is 17.2. The van der Waals surface area contributed by atoms with Gasteiger partial charge in [0, 0.05) is 16.8 Å². The first-order valence-corrected chi connectivity index (χ1v) is 8.65. The molecule has 0 aliphatic carbocycles. The van der Waals surface area contributed by atoms with Crippen LogP contribution in [0.3, 0.4) is 0 Å². The lowest BCUT2D eigenvalue weighted by molar-refractivity contribution is 0.102. The van der Waals surface area contributed by atoms with Gasteiger partial charge >= 0.3 is 0 Å². The number of nitrogens with zero attached hydrogens (tertiary/aromatic N) is 1. The van der Waals surface area contributed by atoms with Crippen LogP contribution >= 0.6 is 0 Å². The Labute approximate surface area is 149 Å². The smallest absolute Gasteiger partial charge is 0.256 e. The van der Waals surface area contributed by atoms with Crippen LogP contribution in [0.4, 0.5) is 5.69 Å². The van der Waals surface area contributed by atoms with Gasteiger partial charge in [0.15, 0.2) is 0 Å². The molecule has 0 atom stereocenters. The number of hydrogen-bond acceptors (Lipinski definition) is 2. The Morgan fingerprint density at radius 1 is 1.04 bits per heavy atom. The fourth-order valence-electron chi connectivity index (χ4n) is 3.18. The molecule has 0 fully saturated rings. The summed E-state index contributed by atoms with van der Waals surface area (Å²) in [5, 5.41) is 4.04. The number of para-hydroxylation sites is 1. The quantitative estimate of drug-likeness (QED) is 0.684. The van der Waals surface area contributed by atoms with E-state index in [0.29, 0.717) is 11.5 Å². The molecule has 1 heterocycles. The Morgan fingerprint density at radius 3 is 2.52 bits per heavy atom. The van der Waals surface area contributed by atoms with Crippen LogP contribution in [0, 0.1) is 20.8 Å². The Kier molecular flexibility index (Phi) is 4.58. The van der Waals surface area contributed by atoms with E-state index >= 15 is 0 Å². The minimum absolute atomic E-state index is 0.0858. The van der Waals surface area contributed by atoms with Crippen LogP contribution < -0.4 is 5.32 Å². The number of benzene rings is 2. The molecule has 128 valence electrons. The zero-order valence-corrected chi connectivity index (χ0v) is 15.5. The lowest BCUT2D eigenvalue weighted by Crippen LogP contribution is -2.16. The van der Waals surface area contributed by atoms with Crippen molar-refractivity contribution in [2.45, 2.75) is 40.5 Å². The number of hydrogen-bond donors (Lipinski definition) is 1. The highest BCUT2D eigenvalue weighted by Gasteiger charge is 2.16. The number of fused-ring (bicyclic) bond motifs is 1. The zero-order valence-electron chi connectivity index (χ0n) is 15.5. The van der Waals surface area contributed by atoms with E-state index in [0.717, 1.165) is 39.0 Å². The third-order valence-corrected chi connectivity index (χ3v) is 4.50. The summed E-state index contributed by atoms with van der Waals surface area (Å²) >= 11 is 0. The molecule has 3 aromatic rings. The number of pyridine rings is 1. The van der Waals surface area contributed by atoms with Gasteiger partial charge in [0.1, 0.15) is 0 Å². The number of amides is 1. The average molecular weight is 332 g/mol. The van der Waals surface area contributed by atoms with Gasteiger partial charge in [-0.05, 0) is 56.0 Å². The van der Waals surface area contributed by atoms with Crippen LogP contribution in [0.15, 0.2) is 42.5 Å². The molecule has 25 heavy (non-hydrogen) atoms. The molecule has 1 amide bonds. The van der Waals surface area contributed by atoms with Crippen molar-refractivity contribution in [3.63, 3.8) is 0 Å². The standard InChI is InChI=1S/C22H24N2O/c1-13(2)17-8-6-7-15(4)21(17)24-22(25)19-12-16(5)23-20-10-9-14(3)11-18(19)20/h6-13H,1-5H3,(H,24,25). The Bertz CT molecular complexity index is 958. The first-order valence-electron chi connectivity index (χ1n) is 8.65. The van der Waals surface area contributed by atoms with Crippen LogP contribution in [0.5, 0.6) is 0 Å². The molecular formula is C22H24N2O. The monoisotopic (exact) mass is 332 g/mol. The predicted molar refractivity (Wildman–Crippen MR) is 104 cm³/mol. The van der Waals surface area contributed by atoms with E-state index < -0.39 is 0 Å². The van der Waals surface area contributed by atoms with Crippen molar-refractivity contribution in [3.8, 4) is 0 Å². The molecule has 1 N–H and O–H groups in total. The molecule has 0 aliphatic heterocycles. The van der Waals surface area contributed by atoms with Gasteiger partial charge in [-0.25, -0.2) is 0 Å². The molecule has 0 radical (unpaired) electrons.